The number of allylic oxidation sites excluding steroid dienone is 1. The Morgan fingerprint density at radius 3 is 2.80 bits per heavy atom. The number of benzene rings is 2. The average molecular weight is 348 g/mol. The summed E-state index contributed by atoms with van der Waals surface area (Å²) in [6.45, 7) is 4.47. The first kappa shape index (κ1) is 16.0. The first-order valence-corrected chi connectivity index (χ1v) is 9.48. The Morgan fingerprint density at radius 2 is 1.96 bits per heavy atom. The molecule has 1 amide bonds. The van der Waals surface area contributed by atoms with E-state index in [4.69, 9.17) is 0 Å². The molecule has 0 unspecified atom stereocenters. The van der Waals surface area contributed by atoms with Crippen molar-refractivity contribution in [3.05, 3.63) is 76.6 Å². The number of aryl methyl sites for hydroxylation is 2. The Kier molecular flexibility index (Phi) is 4.36. The van der Waals surface area contributed by atoms with Crippen molar-refractivity contribution >= 4 is 27.5 Å². The van der Waals surface area contributed by atoms with Crippen LogP contribution in [0.5, 0.6) is 0 Å². The van der Waals surface area contributed by atoms with Gasteiger partial charge in [0.05, 0.1) is 10.2 Å². The Balaban J connectivity index is 1.77. The number of thiazole rings is 1. The van der Waals surface area contributed by atoms with Gasteiger partial charge in [-0.05, 0) is 61.1 Å². The highest BCUT2D eigenvalue weighted by atomic mass is 32.1. The molecule has 1 aliphatic rings. The number of hydrogen-bond acceptors (Lipinski definition) is 2. The highest BCUT2D eigenvalue weighted by molar-refractivity contribution is 7.16. The van der Waals surface area contributed by atoms with E-state index < -0.39 is 0 Å². The van der Waals surface area contributed by atoms with Crippen LogP contribution in [0.1, 0.15) is 34.3 Å². The van der Waals surface area contributed by atoms with Gasteiger partial charge in [-0.25, -0.2) is 0 Å². The molecule has 2 aromatic carbocycles. The van der Waals surface area contributed by atoms with Gasteiger partial charge in [0.25, 0.3) is 5.91 Å². The van der Waals surface area contributed by atoms with Crippen LogP contribution in [0.2, 0.25) is 0 Å². The number of aromatic nitrogens is 1. The summed E-state index contributed by atoms with van der Waals surface area (Å²) in [6.07, 6.45) is 6.47. The van der Waals surface area contributed by atoms with E-state index in [9.17, 15) is 4.79 Å². The SMILES string of the molecule is C=CCn1c(=NC(=O)c2ccc3c(c2)CCCC3)sc2ccccc21. The second-order valence-corrected chi connectivity index (χ2v) is 7.37. The first-order valence-electron chi connectivity index (χ1n) is 8.66. The molecule has 0 saturated heterocycles. The lowest BCUT2D eigenvalue weighted by atomic mass is 9.90. The standard InChI is InChI=1S/C21H20N2OS/c1-2-13-23-18-9-5-6-10-19(18)25-21(23)22-20(24)17-12-11-15-7-3-4-8-16(15)14-17/h2,5-6,9-12,14H,1,3-4,7-8,13H2. The minimum Gasteiger partial charge on any atom is -0.312 e. The zero-order chi connectivity index (χ0) is 17.2. The summed E-state index contributed by atoms with van der Waals surface area (Å²) in [6, 6.07) is 14.2. The summed E-state index contributed by atoms with van der Waals surface area (Å²) >= 11 is 1.54. The fraction of sp³-hybridized carbons (Fsp3) is 0.238. The van der Waals surface area contributed by atoms with Gasteiger partial charge in [0, 0.05) is 12.1 Å². The molecule has 0 spiro atoms. The maximum atomic E-state index is 12.7. The predicted molar refractivity (Wildman–Crippen MR) is 103 cm³/mol. The molecule has 1 aromatic heterocycles. The smallest absolute Gasteiger partial charge is 0.279 e. The highest BCUT2D eigenvalue weighted by Crippen LogP contribution is 2.22. The van der Waals surface area contributed by atoms with Crippen molar-refractivity contribution in [3.63, 3.8) is 0 Å². The van der Waals surface area contributed by atoms with Gasteiger partial charge in [0.2, 0.25) is 0 Å². The molecule has 1 heterocycles. The molecule has 0 N–H and O–H groups in total. The average Bonchev–Trinajstić information content (AvgIpc) is 2.99. The predicted octanol–water partition coefficient (Wildman–Crippen LogP) is 4.51. The fourth-order valence-electron chi connectivity index (χ4n) is 3.43. The van der Waals surface area contributed by atoms with E-state index in [-0.39, 0.29) is 5.91 Å². The van der Waals surface area contributed by atoms with E-state index in [1.165, 1.54) is 24.0 Å². The van der Waals surface area contributed by atoms with Crippen molar-refractivity contribution in [1.29, 1.82) is 0 Å². The molecule has 0 bridgehead atoms. The van der Waals surface area contributed by atoms with Crippen molar-refractivity contribution in [2.75, 3.05) is 0 Å². The van der Waals surface area contributed by atoms with Gasteiger partial charge < -0.3 is 4.57 Å². The number of carbonyl (C=O) groups is 1. The highest BCUT2D eigenvalue weighted by Gasteiger charge is 2.13. The Hall–Kier alpha value is -2.46. The quantitative estimate of drug-likeness (QED) is 0.641. The van der Waals surface area contributed by atoms with Crippen molar-refractivity contribution < 1.29 is 4.79 Å². The van der Waals surface area contributed by atoms with Gasteiger partial charge in [0.1, 0.15) is 0 Å². The molecule has 4 heteroatoms. The zero-order valence-electron chi connectivity index (χ0n) is 14.1. The lowest BCUT2D eigenvalue weighted by molar-refractivity contribution is 0.0997. The van der Waals surface area contributed by atoms with Gasteiger partial charge in [-0.1, -0.05) is 35.6 Å². The molecular weight excluding hydrogens is 328 g/mol. The van der Waals surface area contributed by atoms with Crippen molar-refractivity contribution in [2.24, 2.45) is 4.99 Å². The van der Waals surface area contributed by atoms with Gasteiger partial charge in [0.15, 0.2) is 4.80 Å². The third kappa shape index (κ3) is 3.10. The lowest BCUT2D eigenvalue weighted by Crippen LogP contribution is -2.16. The van der Waals surface area contributed by atoms with Crippen LogP contribution in [0.3, 0.4) is 0 Å². The molecule has 0 fully saturated rings. The third-order valence-electron chi connectivity index (χ3n) is 4.69. The molecule has 3 aromatic rings. The summed E-state index contributed by atoms with van der Waals surface area (Å²) in [7, 11) is 0. The molecule has 0 radical (unpaired) electrons. The second-order valence-electron chi connectivity index (χ2n) is 6.36. The minimum absolute atomic E-state index is 0.169. The van der Waals surface area contributed by atoms with Crippen LogP contribution in [0.4, 0.5) is 0 Å². The number of para-hydroxylation sites is 1. The third-order valence-corrected chi connectivity index (χ3v) is 5.75. The molecule has 1 aliphatic carbocycles. The van der Waals surface area contributed by atoms with E-state index in [0.29, 0.717) is 12.1 Å². The Morgan fingerprint density at radius 1 is 1.16 bits per heavy atom. The molecule has 126 valence electrons. The Bertz CT molecular complexity index is 1030. The fourth-order valence-corrected chi connectivity index (χ4v) is 4.47. The summed E-state index contributed by atoms with van der Waals surface area (Å²) < 4.78 is 3.17. The molecule has 0 atom stereocenters. The topological polar surface area (TPSA) is 34.4 Å². The van der Waals surface area contributed by atoms with Gasteiger partial charge in [-0.3, -0.25) is 4.79 Å². The lowest BCUT2D eigenvalue weighted by Gasteiger charge is -2.15. The molecule has 3 nitrogen and oxygen atoms in total. The molecule has 25 heavy (non-hydrogen) atoms. The van der Waals surface area contributed by atoms with E-state index in [0.717, 1.165) is 27.9 Å². The summed E-state index contributed by atoms with van der Waals surface area (Å²) in [5, 5.41) is 0. The molecular formula is C21H20N2OS. The van der Waals surface area contributed by atoms with E-state index in [1.54, 1.807) is 11.3 Å². The molecule has 0 saturated carbocycles. The van der Waals surface area contributed by atoms with Crippen molar-refractivity contribution in [2.45, 2.75) is 32.2 Å². The van der Waals surface area contributed by atoms with E-state index in [1.807, 2.05) is 34.9 Å². The van der Waals surface area contributed by atoms with Crippen LogP contribution in [0.15, 0.2) is 60.1 Å². The Labute approximate surface area is 151 Å². The maximum Gasteiger partial charge on any atom is 0.279 e. The second kappa shape index (κ2) is 6.81. The number of carbonyl (C=O) groups excluding carboxylic acids is 1. The first-order chi connectivity index (χ1) is 12.3. The summed E-state index contributed by atoms with van der Waals surface area (Å²) in [5.74, 6) is -0.169. The van der Waals surface area contributed by atoms with Gasteiger partial charge in [-0.2, -0.15) is 4.99 Å². The van der Waals surface area contributed by atoms with Crippen LogP contribution >= 0.6 is 11.3 Å². The van der Waals surface area contributed by atoms with Crippen LogP contribution in [-0.2, 0) is 19.4 Å². The van der Waals surface area contributed by atoms with Crippen LogP contribution in [0, 0.1) is 0 Å². The maximum absolute atomic E-state index is 12.7. The van der Waals surface area contributed by atoms with Gasteiger partial charge >= 0.3 is 0 Å². The zero-order valence-corrected chi connectivity index (χ0v) is 14.9. The normalized spacial score (nSPS) is 14.5. The minimum atomic E-state index is -0.169. The van der Waals surface area contributed by atoms with Gasteiger partial charge in [-0.15, -0.1) is 6.58 Å². The van der Waals surface area contributed by atoms with Crippen LogP contribution in [-0.4, -0.2) is 10.5 Å². The van der Waals surface area contributed by atoms with Crippen LogP contribution < -0.4 is 4.80 Å². The molecule has 0 aliphatic heterocycles. The van der Waals surface area contributed by atoms with Crippen molar-refractivity contribution in [1.82, 2.24) is 4.57 Å². The number of fused-ring (bicyclic) bond motifs is 2. The van der Waals surface area contributed by atoms with Crippen LogP contribution in [0.25, 0.3) is 10.2 Å². The van der Waals surface area contributed by atoms with Crippen molar-refractivity contribution in [3.8, 4) is 0 Å². The largest absolute Gasteiger partial charge is 0.312 e. The number of hydrogen-bond donors (Lipinski definition) is 0. The number of rotatable bonds is 3. The molecule has 4 rings (SSSR count). The van der Waals surface area contributed by atoms with E-state index in [2.05, 4.69) is 29.8 Å². The number of nitrogens with zero attached hydrogens (tertiary/aromatic N) is 2. The van der Waals surface area contributed by atoms with E-state index >= 15 is 0 Å². The monoisotopic (exact) mass is 348 g/mol. The number of amides is 1. The summed E-state index contributed by atoms with van der Waals surface area (Å²) in [5.41, 5.74) is 4.46. The summed E-state index contributed by atoms with van der Waals surface area (Å²) in [4.78, 5) is 17.9.